The van der Waals surface area contributed by atoms with Crippen LogP contribution in [0.5, 0.6) is 0 Å². The molecule has 2 atom stereocenters. The third kappa shape index (κ3) is 4.53. The summed E-state index contributed by atoms with van der Waals surface area (Å²) in [6, 6.07) is 2.99. The molecular formula is C17H23N4NaO3. The minimum atomic E-state index is -1.07. The molecule has 1 saturated heterocycles. The number of nitrogens with one attached hydrogen (secondary N) is 1. The van der Waals surface area contributed by atoms with Gasteiger partial charge >= 0.3 is 29.6 Å². The Hall–Kier alpha value is -1.15. The van der Waals surface area contributed by atoms with Gasteiger partial charge in [-0.2, -0.15) is 0 Å². The topological polar surface area (TPSA) is 88.6 Å². The van der Waals surface area contributed by atoms with E-state index >= 15 is 0 Å². The Morgan fingerprint density at radius 3 is 2.56 bits per heavy atom. The predicted octanol–water partition coefficient (Wildman–Crippen LogP) is -3.49. The van der Waals surface area contributed by atoms with Crippen LogP contribution in [-0.2, 0) is 16.1 Å². The molecule has 1 aromatic rings. The maximum absolute atomic E-state index is 12.6. The van der Waals surface area contributed by atoms with E-state index in [1.54, 1.807) is 6.20 Å². The van der Waals surface area contributed by atoms with Crippen molar-refractivity contribution in [1.82, 2.24) is 15.2 Å². The summed E-state index contributed by atoms with van der Waals surface area (Å²) in [5.74, 6) is -1.20. The van der Waals surface area contributed by atoms with Crippen molar-refractivity contribution in [2.24, 2.45) is 0 Å². The molecule has 0 bridgehead atoms. The summed E-state index contributed by atoms with van der Waals surface area (Å²) in [6.07, 6.45) is 4.65. The third-order valence-electron chi connectivity index (χ3n) is 4.75. The largest absolute Gasteiger partial charge is 1.00 e. The fraction of sp³-hybridized carbons (Fsp3) is 0.588. The zero-order valence-electron chi connectivity index (χ0n) is 15.1. The second-order valence-electron chi connectivity index (χ2n) is 6.69. The molecule has 0 spiro atoms. The number of carbonyl (C=O) groups excluding carboxylic acids is 2. The van der Waals surface area contributed by atoms with Gasteiger partial charge in [-0.25, -0.2) is 0 Å². The van der Waals surface area contributed by atoms with Crippen LogP contribution < -0.4 is 44.9 Å². The van der Waals surface area contributed by atoms with Crippen LogP contribution in [-0.4, -0.2) is 54.0 Å². The van der Waals surface area contributed by atoms with Gasteiger partial charge in [-0.15, -0.1) is 0 Å². The Balaban J connectivity index is 0.00000225. The second kappa shape index (κ2) is 8.49. The van der Waals surface area contributed by atoms with Crippen LogP contribution in [0.1, 0.15) is 31.4 Å². The van der Waals surface area contributed by atoms with Crippen molar-refractivity contribution in [3.63, 3.8) is 0 Å². The molecule has 2 aliphatic rings. The first-order chi connectivity index (χ1) is 11.5. The molecule has 0 radical (unpaired) electrons. The molecule has 7 nitrogen and oxygen atoms in total. The van der Waals surface area contributed by atoms with E-state index in [-0.39, 0.29) is 47.5 Å². The molecule has 130 valence electrons. The molecular weight excluding hydrogens is 331 g/mol. The second-order valence-corrected chi connectivity index (χ2v) is 6.69. The summed E-state index contributed by atoms with van der Waals surface area (Å²) in [6.45, 7) is 0.332. The van der Waals surface area contributed by atoms with Crippen molar-refractivity contribution < 1.29 is 44.3 Å². The van der Waals surface area contributed by atoms with Crippen LogP contribution in [0.15, 0.2) is 18.3 Å². The van der Waals surface area contributed by atoms with Gasteiger partial charge in [0, 0.05) is 26.3 Å². The van der Waals surface area contributed by atoms with Gasteiger partial charge < -0.3 is 20.1 Å². The van der Waals surface area contributed by atoms with Crippen molar-refractivity contribution in [1.29, 1.82) is 0 Å². The number of carboxylic acids is 1. The van der Waals surface area contributed by atoms with Crippen molar-refractivity contribution in [2.45, 2.75) is 50.4 Å². The van der Waals surface area contributed by atoms with Crippen LogP contribution in [0.25, 0.3) is 0 Å². The van der Waals surface area contributed by atoms with Gasteiger partial charge in [0.25, 0.3) is 0 Å². The van der Waals surface area contributed by atoms with Gasteiger partial charge in [-0.1, -0.05) is 0 Å². The number of likely N-dealkylation sites (tertiary alicyclic amines) is 1. The van der Waals surface area contributed by atoms with Crippen molar-refractivity contribution in [3.8, 4) is 0 Å². The van der Waals surface area contributed by atoms with E-state index in [1.165, 1.54) is 0 Å². The van der Waals surface area contributed by atoms with E-state index in [1.807, 2.05) is 36.0 Å². The van der Waals surface area contributed by atoms with Crippen molar-refractivity contribution in [2.75, 3.05) is 19.0 Å². The zero-order chi connectivity index (χ0) is 17.3. The summed E-state index contributed by atoms with van der Waals surface area (Å²) < 4.78 is 0. The number of carbonyl (C=O) groups is 2. The van der Waals surface area contributed by atoms with E-state index in [9.17, 15) is 14.7 Å². The minimum Gasteiger partial charge on any atom is -0.548 e. The molecule has 1 aromatic heterocycles. The van der Waals surface area contributed by atoms with Crippen LogP contribution >= 0.6 is 0 Å². The normalized spacial score (nSPS) is 23.0. The maximum atomic E-state index is 12.6. The Morgan fingerprint density at radius 1 is 1.28 bits per heavy atom. The Labute approximate surface area is 170 Å². The predicted molar refractivity (Wildman–Crippen MR) is 87.1 cm³/mol. The van der Waals surface area contributed by atoms with Gasteiger partial charge in [0.1, 0.15) is 0 Å². The van der Waals surface area contributed by atoms with Crippen molar-refractivity contribution in [3.05, 3.63) is 24.0 Å². The standard InChI is InChI=1S/C17H24N4O3.Na/c1-20(2)13-4-3-9-18-12(13)10-19-16(22)14-7-8-15(17(23)24)21(14)11-5-6-11;/h3-4,9,11,14-15H,5-8,10H2,1-2H3,(H,19,22)(H,23,24);/q;+1/p-1. The Morgan fingerprint density at radius 2 is 1.96 bits per heavy atom. The van der Waals surface area contributed by atoms with Gasteiger partial charge in [-0.3, -0.25) is 14.7 Å². The fourth-order valence-corrected chi connectivity index (χ4v) is 3.48. The molecule has 2 heterocycles. The monoisotopic (exact) mass is 354 g/mol. The number of nitrogens with zero attached hydrogens (tertiary/aromatic N) is 3. The molecule has 1 amide bonds. The van der Waals surface area contributed by atoms with Gasteiger partial charge in [-0.05, 0) is 37.8 Å². The zero-order valence-corrected chi connectivity index (χ0v) is 17.1. The smallest absolute Gasteiger partial charge is 0.548 e. The molecule has 0 aromatic carbocycles. The van der Waals surface area contributed by atoms with E-state index in [0.717, 1.165) is 24.2 Å². The number of hydrogen-bond donors (Lipinski definition) is 1. The minimum absolute atomic E-state index is 0. The van der Waals surface area contributed by atoms with Gasteiger partial charge in [0.2, 0.25) is 5.91 Å². The molecule has 1 saturated carbocycles. The summed E-state index contributed by atoms with van der Waals surface area (Å²) in [7, 11) is 3.86. The number of anilines is 1. The molecule has 1 N–H and O–H groups in total. The first-order valence-corrected chi connectivity index (χ1v) is 8.36. The number of aromatic nitrogens is 1. The first kappa shape index (κ1) is 20.2. The number of pyridine rings is 1. The quantitative estimate of drug-likeness (QED) is 0.534. The fourth-order valence-electron chi connectivity index (χ4n) is 3.48. The number of amides is 1. The molecule has 1 aliphatic carbocycles. The molecule has 2 unspecified atom stereocenters. The molecule has 8 heteroatoms. The van der Waals surface area contributed by atoms with Crippen LogP contribution in [0.4, 0.5) is 5.69 Å². The molecule has 3 rings (SSSR count). The average Bonchev–Trinajstić information content (AvgIpc) is 3.30. The van der Waals surface area contributed by atoms with Crippen molar-refractivity contribution >= 4 is 17.6 Å². The average molecular weight is 354 g/mol. The maximum Gasteiger partial charge on any atom is 1.00 e. The Kier molecular flexibility index (Phi) is 6.85. The number of rotatable bonds is 6. The third-order valence-corrected chi connectivity index (χ3v) is 4.75. The van der Waals surface area contributed by atoms with Crippen LogP contribution in [0.2, 0.25) is 0 Å². The number of carboxylic acid groups (broad SMARTS) is 1. The Bertz CT molecular complexity index is 636. The molecule has 1 aliphatic heterocycles. The molecule has 2 fully saturated rings. The summed E-state index contributed by atoms with van der Waals surface area (Å²) in [5, 5.41) is 14.2. The van der Waals surface area contributed by atoms with E-state index in [0.29, 0.717) is 19.4 Å². The number of aliphatic carboxylic acids is 1. The summed E-state index contributed by atoms with van der Waals surface area (Å²) >= 11 is 0. The van der Waals surface area contributed by atoms with E-state index in [4.69, 9.17) is 0 Å². The molecule has 25 heavy (non-hydrogen) atoms. The van der Waals surface area contributed by atoms with Gasteiger partial charge in [0.15, 0.2) is 0 Å². The number of hydrogen-bond acceptors (Lipinski definition) is 6. The van der Waals surface area contributed by atoms with E-state index < -0.39 is 12.0 Å². The van der Waals surface area contributed by atoms with Crippen LogP contribution in [0, 0.1) is 0 Å². The van der Waals surface area contributed by atoms with E-state index in [2.05, 4.69) is 10.3 Å². The SMILES string of the molecule is CN(C)c1cccnc1CNC(=O)C1CCC(C(=O)[O-])N1C1CC1.[Na+]. The van der Waals surface area contributed by atoms with Crippen LogP contribution in [0.3, 0.4) is 0 Å². The van der Waals surface area contributed by atoms with Gasteiger partial charge in [0.05, 0.1) is 36.0 Å². The first-order valence-electron chi connectivity index (χ1n) is 8.36. The summed E-state index contributed by atoms with van der Waals surface area (Å²) in [4.78, 5) is 32.0. The summed E-state index contributed by atoms with van der Waals surface area (Å²) in [5.41, 5.74) is 1.75.